The maximum atomic E-state index is 2.34. The average Bonchev–Trinajstić information content (AvgIpc) is 2.37. The minimum Gasteiger partial charge on any atom is -0.0859 e. The maximum absolute atomic E-state index is 2.34. The Morgan fingerprint density at radius 1 is 1.06 bits per heavy atom. The molecule has 0 aliphatic rings. The van der Waals surface area contributed by atoms with E-state index in [0.29, 0.717) is 5.92 Å². The van der Waals surface area contributed by atoms with E-state index in [4.69, 9.17) is 0 Å². The van der Waals surface area contributed by atoms with Crippen LogP contribution in [0.25, 0.3) is 10.8 Å². The molecule has 0 spiro atoms. The second kappa shape index (κ2) is 5.86. The molecule has 0 amide bonds. The van der Waals surface area contributed by atoms with Crippen LogP contribution < -0.4 is 0 Å². The highest BCUT2D eigenvalue weighted by atomic mass is 14.1. The fraction of sp³-hybridized carbons (Fsp3) is 0.333. The summed E-state index contributed by atoms with van der Waals surface area (Å²) in [6.07, 6.45) is 4.73. The highest BCUT2D eigenvalue weighted by Crippen LogP contribution is 2.25. The van der Waals surface area contributed by atoms with Gasteiger partial charge in [-0.15, -0.1) is 0 Å². The zero-order chi connectivity index (χ0) is 13.0. The smallest absolute Gasteiger partial charge is 0.0181 e. The van der Waals surface area contributed by atoms with Crippen LogP contribution >= 0.6 is 0 Å². The van der Waals surface area contributed by atoms with Gasteiger partial charge in [-0.25, -0.2) is 0 Å². The summed E-state index contributed by atoms with van der Waals surface area (Å²) in [6, 6.07) is 15.4. The standard InChI is InChI=1S/C18H22/c1-14(2)7-6-8-15(3)17-12-11-16-9-4-5-10-18(16)13-17/h4-5,7,9-13,15H,6,8H2,1-3H3. The largest absolute Gasteiger partial charge is 0.0859 e. The summed E-state index contributed by atoms with van der Waals surface area (Å²) in [5, 5.41) is 2.68. The van der Waals surface area contributed by atoms with Crippen molar-refractivity contribution in [2.45, 2.75) is 39.5 Å². The van der Waals surface area contributed by atoms with Crippen LogP contribution in [0.5, 0.6) is 0 Å². The average molecular weight is 238 g/mol. The topological polar surface area (TPSA) is 0 Å². The molecule has 18 heavy (non-hydrogen) atoms. The monoisotopic (exact) mass is 238 g/mol. The zero-order valence-corrected chi connectivity index (χ0v) is 11.6. The molecule has 2 aromatic rings. The molecule has 0 aromatic heterocycles. The molecule has 0 aliphatic heterocycles. The zero-order valence-electron chi connectivity index (χ0n) is 11.6. The van der Waals surface area contributed by atoms with Crippen LogP contribution in [0, 0.1) is 0 Å². The lowest BCUT2D eigenvalue weighted by Crippen LogP contribution is -1.93. The van der Waals surface area contributed by atoms with E-state index in [2.05, 4.69) is 69.3 Å². The Kier molecular flexibility index (Phi) is 4.19. The molecule has 2 rings (SSSR count). The van der Waals surface area contributed by atoms with Gasteiger partial charge in [-0.1, -0.05) is 61.0 Å². The maximum Gasteiger partial charge on any atom is -0.0181 e. The molecule has 0 radical (unpaired) electrons. The van der Waals surface area contributed by atoms with Gasteiger partial charge >= 0.3 is 0 Å². The predicted molar refractivity (Wildman–Crippen MR) is 81.0 cm³/mol. The first-order valence-corrected chi connectivity index (χ1v) is 6.79. The molecular weight excluding hydrogens is 216 g/mol. The molecule has 0 nitrogen and oxygen atoms in total. The van der Waals surface area contributed by atoms with Crippen LogP contribution in [0.3, 0.4) is 0 Å². The highest BCUT2D eigenvalue weighted by molar-refractivity contribution is 5.83. The second-order valence-electron chi connectivity index (χ2n) is 5.37. The fourth-order valence-corrected chi connectivity index (χ4v) is 2.30. The first-order chi connectivity index (χ1) is 8.66. The first-order valence-electron chi connectivity index (χ1n) is 6.79. The predicted octanol–water partition coefficient (Wildman–Crippen LogP) is 5.69. The SMILES string of the molecule is CC(C)=CCCC(C)c1ccc2ccccc2c1. The Bertz CT molecular complexity index is 545. The number of hydrogen-bond acceptors (Lipinski definition) is 0. The van der Waals surface area contributed by atoms with Crippen LogP contribution in [-0.2, 0) is 0 Å². The first kappa shape index (κ1) is 12.9. The molecular formula is C18H22. The lowest BCUT2D eigenvalue weighted by atomic mass is 9.94. The summed E-state index contributed by atoms with van der Waals surface area (Å²) in [5.41, 5.74) is 2.87. The van der Waals surface area contributed by atoms with Gasteiger partial charge in [-0.2, -0.15) is 0 Å². The van der Waals surface area contributed by atoms with Crippen molar-refractivity contribution >= 4 is 10.8 Å². The van der Waals surface area contributed by atoms with Crippen molar-refractivity contribution in [3.05, 3.63) is 59.7 Å². The third-order valence-corrected chi connectivity index (χ3v) is 3.49. The summed E-state index contributed by atoms with van der Waals surface area (Å²) in [4.78, 5) is 0. The van der Waals surface area contributed by atoms with E-state index >= 15 is 0 Å². The van der Waals surface area contributed by atoms with Crippen LogP contribution in [0.1, 0.15) is 45.1 Å². The molecule has 0 bridgehead atoms. The van der Waals surface area contributed by atoms with Crippen LogP contribution in [-0.4, -0.2) is 0 Å². The Morgan fingerprint density at radius 2 is 1.78 bits per heavy atom. The summed E-state index contributed by atoms with van der Waals surface area (Å²) in [6.45, 7) is 6.66. The van der Waals surface area contributed by atoms with Gasteiger partial charge in [0.2, 0.25) is 0 Å². The molecule has 0 aliphatic carbocycles. The Labute approximate surface area is 110 Å². The van der Waals surface area contributed by atoms with Gasteiger partial charge in [-0.3, -0.25) is 0 Å². The number of hydrogen-bond donors (Lipinski definition) is 0. The van der Waals surface area contributed by atoms with Gasteiger partial charge in [0, 0.05) is 0 Å². The van der Waals surface area contributed by atoms with E-state index in [0.717, 1.165) is 0 Å². The lowest BCUT2D eigenvalue weighted by Gasteiger charge is -2.11. The lowest BCUT2D eigenvalue weighted by molar-refractivity contribution is 0.690. The van der Waals surface area contributed by atoms with Gasteiger partial charge in [0.15, 0.2) is 0 Å². The number of rotatable bonds is 4. The van der Waals surface area contributed by atoms with E-state index in [1.165, 1.54) is 34.8 Å². The molecule has 0 N–H and O–H groups in total. The van der Waals surface area contributed by atoms with Crippen LogP contribution in [0.4, 0.5) is 0 Å². The summed E-state index contributed by atoms with van der Waals surface area (Å²) >= 11 is 0. The van der Waals surface area contributed by atoms with E-state index in [9.17, 15) is 0 Å². The Hall–Kier alpha value is -1.56. The van der Waals surface area contributed by atoms with Crippen molar-refractivity contribution in [3.63, 3.8) is 0 Å². The molecule has 2 aromatic carbocycles. The van der Waals surface area contributed by atoms with Crippen molar-refractivity contribution in [1.29, 1.82) is 0 Å². The van der Waals surface area contributed by atoms with Gasteiger partial charge in [0.05, 0.1) is 0 Å². The van der Waals surface area contributed by atoms with Crippen molar-refractivity contribution < 1.29 is 0 Å². The number of benzene rings is 2. The molecule has 0 heterocycles. The van der Waals surface area contributed by atoms with Gasteiger partial charge in [-0.05, 0) is 48.9 Å². The van der Waals surface area contributed by atoms with E-state index < -0.39 is 0 Å². The van der Waals surface area contributed by atoms with Gasteiger partial charge < -0.3 is 0 Å². The summed E-state index contributed by atoms with van der Waals surface area (Å²) in [5.74, 6) is 0.630. The van der Waals surface area contributed by atoms with Crippen molar-refractivity contribution in [2.75, 3.05) is 0 Å². The van der Waals surface area contributed by atoms with Gasteiger partial charge in [0.1, 0.15) is 0 Å². The Morgan fingerprint density at radius 3 is 2.50 bits per heavy atom. The summed E-state index contributed by atoms with van der Waals surface area (Å²) in [7, 11) is 0. The molecule has 1 atom stereocenters. The van der Waals surface area contributed by atoms with Crippen LogP contribution in [0.15, 0.2) is 54.1 Å². The molecule has 0 saturated carbocycles. The van der Waals surface area contributed by atoms with E-state index in [1.54, 1.807) is 0 Å². The minimum atomic E-state index is 0.630. The molecule has 1 unspecified atom stereocenters. The Balaban J connectivity index is 2.12. The van der Waals surface area contributed by atoms with Crippen molar-refractivity contribution in [2.24, 2.45) is 0 Å². The number of fused-ring (bicyclic) bond motifs is 1. The molecule has 0 fully saturated rings. The molecule has 0 saturated heterocycles. The van der Waals surface area contributed by atoms with Gasteiger partial charge in [0.25, 0.3) is 0 Å². The quantitative estimate of drug-likeness (QED) is 0.600. The van der Waals surface area contributed by atoms with Crippen molar-refractivity contribution in [1.82, 2.24) is 0 Å². The fourth-order valence-electron chi connectivity index (χ4n) is 2.30. The van der Waals surface area contributed by atoms with E-state index in [1.807, 2.05) is 0 Å². The minimum absolute atomic E-state index is 0.630. The third kappa shape index (κ3) is 3.22. The highest BCUT2D eigenvalue weighted by Gasteiger charge is 2.05. The van der Waals surface area contributed by atoms with Crippen LogP contribution in [0.2, 0.25) is 0 Å². The van der Waals surface area contributed by atoms with E-state index in [-0.39, 0.29) is 0 Å². The summed E-state index contributed by atoms with van der Waals surface area (Å²) < 4.78 is 0. The normalized spacial score (nSPS) is 12.4. The number of allylic oxidation sites excluding steroid dienone is 2. The molecule has 0 heteroatoms. The third-order valence-electron chi connectivity index (χ3n) is 3.49. The van der Waals surface area contributed by atoms with Crippen molar-refractivity contribution in [3.8, 4) is 0 Å². The molecule has 94 valence electrons. The second-order valence-corrected chi connectivity index (χ2v) is 5.37.